The molecule has 0 fully saturated rings. The maximum absolute atomic E-state index is 5.27. The minimum atomic E-state index is 0.597. The van der Waals surface area contributed by atoms with Crippen LogP contribution in [0.15, 0.2) is 12.5 Å². The Kier molecular flexibility index (Phi) is 7.57. The van der Waals surface area contributed by atoms with Crippen molar-refractivity contribution in [2.45, 2.75) is 6.42 Å². The highest BCUT2D eigenvalue weighted by molar-refractivity contribution is 4.93. The van der Waals surface area contributed by atoms with Crippen LogP contribution in [0.5, 0.6) is 0 Å². The van der Waals surface area contributed by atoms with Crippen LogP contribution in [0.2, 0.25) is 0 Å². The van der Waals surface area contributed by atoms with Gasteiger partial charge >= 0.3 is 0 Å². The predicted molar refractivity (Wildman–Crippen MR) is 49.5 cm³/mol. The molecule has 1 rings (SSSR count). The fourth-order valence-electron chi connectivity index (χ4n) is 0.577. The lowest BCUT2D eigenvalue weighted by atomic mass is 10.3. The van der Waals surface area contributed by atoms with E-state index >= 15 is 0 Å². The lowest BCUT2D eigenvalue weighted by Crippen LogP contribution is -2.11. The summed E-state index contributed by atoms with van der Waals surface area (Å²) in [5.74, 6) is 0. The van der Waals surface area contributed by atoms with Crippen LogP contribution in [0, 0.1) is 0 Å². The van der Waals surface area contributed by atoms with Crippen molar-refractivity contribution in [1.29, 1.82) is 0 Å². The molecule has 0 spiro atoms. The van der Waals surface area contributed by atoms with E-state index in [1.54, 1.807) is 12.5 Å². The van der Waals surface area contributed by atoms with Gasteiger partial charge in [0.05, 0.1) is 6.33 Å². The second-order valence-electron chi connectivity index (χ2n) is 2.19. The van der Waals surface area contributed by atoms with Gasteiger partial charge in [0.25, 0.3) is 0 Å². The minimum absolute atomic E-state index is 0.597. The summed E-state index contributed by atoms with van der Waals surface area (Å²) >= 11 is 0. The molecule has 0 aliphatic carbocycles. The van der Waals surface area contributed by atoms with Crippen LogP contribution in [-0.2, 0) is 6.42 Å². The Morgan fingerprint density at radius 2 is 1.83 bits per heavy atom. The first-order valence-electron chi connectivity index (χ1n) is 3.92. The molecule has 0 saturated heterocycles. The monoisotopic (exact) mass is 171 g/mol. The smallest absolute Gasteiger partial charge is 0.0921 e. The topological polar surface area (TPSA) is 107 Å². The maximum atomic E-state index is 5.27. The van der Waals surface area contributed by atoms with Gasteiger partial charge in [0.15, 0.2) is 0 Å². The fourth-order valence-corrected chi connectivity index (χ4v) is 0.577. The van der Waals surface area contributed by atoms with Gasteiger partial charge in [0.2, 0.25) is 0 Å². The Morgan fingerprint density at radius 1 is 1.17 bits per heavy atom. The molecule has 1 aromatic rings. The molecule has 0 aromatic carbocycles. The second-order valence-corrected chi connectivity index (χ2v) is 2.19. The van der Waals surface area contributed by atoms with Gasteiger partial charge in [-0.3, -0.25) is 0 Å². The van der Waals surface area contributed by atoms with E-state index in [0.29, 0.717) is 19.6 Å². The highest BCUT2D eigenvalue weighted by Crippen LogP contribution is 1.88. The number of aromatic nitrogens is 2. The van der Waals surface area contributed by atoms with Gasteiger partial charge in [-0.2, -0.15) is 0 Å². The zero-order valence-electron chi connectivity index (χ0n) is 7.16. The Morgan fingerprint density at radius 3 is 2.17 bits per heavy atom. The predicted octanol–water partition coefficient (Wildman–Crippen LogP) is -1.19. The number of nitrogens with zero attached hydrogens (tertiary/aromatic N) is 1. The van der Waals surface area contributed by atoms with E-state index in [-0.39, 0.29) is 0 Å². The van der Waals surface area contributed by atoms with Crippen LogP contribution >= 0.6 is 0 Å². The van der Waals surface area contributed by atoms with Crippen molar-refractivity contribution < 1.29 is 0 Å². The normalized spacial score (nSPS) is 8.92. The summed E-state index contributed by atoms with van der Waals surface area (Å²) in [6.07, 6.45) is 4.33. The van der Waals surface area contributed by atoms with E-state index in [1.165, 1.54) is 0 Å². The summed E-state index contributed by atoms with van der Waals surface area (Å²) in [6, 6.07) is 0. The molecule has 0 atom stereocenters. The van der Waals surface area contributed by atoms with Gasteiger partial charge in [-0.15, -0.1) is 0 Å². The number of imidazole rings is 1. The summed E-state index contributed by atoms with van der Waals surface area (Å²) in [6.45, 7) is 1.88. The summed E-state index contributed by atoms with van der Waals surface area (Å²) < 4.78 is 0. The third-order valence-electron chi connectivity index (χ3n) is 1.14. The number of nitrogens with two attached hydrogens (primary N) is 3. The van der Waals surface area contributed by atoms with Gasteiger partial charge in [-0.1, -0.05) is 0 Å². The average molecular weight is 171 g/mol. The van der Waals surface area contributed by atoms with E-state index in [2.05, 4.69) is 9.97 Å². The molecule has 1 heterocycles. The number of rotatable bonds is 3. The van der Waals surface area contributed by atoms with Gasteiger partial charge in [0.1, 0.15) is 0 Å². The quantitative estimate of drug-likeness (QED) is 0.459. The molecule has 0 bridgehead atoms. The lowest BCUT2D eigenvalue weighted by molar-refractivity contribution is 0.935. The van der Waals surface area contributed by atoms with Crippen molar-refractivity contribution >= 4 is 0 Å². The largest absolute Gasteiger partial charge is 0.348 e. The maximum Gasteiger partial charge on any atom is 0.0921 e. The molecular weight excluding hydrogens is 154 g/mol. The molecule has 7 N–H and O–H groups in total. The van der Waals surface area contributed by atoms with Crippen molar-refractivity contribution in [3.05, 3.63) is 18.2 Å². The zero-order chi connectivity index (χ0) is 9.23. The van der Waals surface area contributed by atoms with Crippen molar-refractivity contribution in [1.82, 2.24) is 9.97 Å². The van der Waals surface area contributed by atoms with Crippen molar-refractivity contribution in [2.24, 2.45) is 17.2 Å². The first-order valence-corrected chi connectivity index (χ1v) is 3.92. The molecule has 0 radical (unpaired) electrons. The highest BCUT2D eigenvalue weighted by atomic mass is 14.9. The van der Waals surface area contributed by atoms with Crippen LogP contribution in [0.4, 0.5) is 0 Å². The van der Waals surface area contributed by atoms with Crippen LogP contribution in [-0.4, -0.2) is 29.6 Å². The van der Waals surface area contributed by atoms with Gasteiger partial charge in [0, 0.05) is 31.4 Å². The van der Waals surface area contributed by atoms with Crippen LogP contribution in [0.25, 0.3) is 0 Å². The van der Waals surface area contributed by atoms with Gasteiger partial charge in [-0.25, -0.2) is 4.98 Å². The molecule has 0 amide bonds. The molecule has 0 aliphatic heterocycles. The molecule has 1 aromatic heterocycles. The first-order chi connectivity index (χ1) is 5.85. The number of nitrogens with one attached hydrogen (secondary N) is 1. The highest BCUT2D eigenvalue weighted by Gasteiger charge is 1.87. The molecule has 0 unspecified atom stereocenters. The summed E-state index contributed by atoms with van der Waals surface area (Å²) in [7, 11) is 0. The zero-order valence-corrected chi connectivity index (χ0v) is 7.16. The van der Waals surface area contributed by atoms with Crippen molar-refractivity contribution in [3.63, 3.8) is 0 Å². The Balaban J connectivity index is 0.000000261. The fraction of sp³-hybridized carbons (Fsp3) is 0.571. The summed E-state index contributed by atoms with van der Waals surface area (Å²) in [5.41, 5.74) is 16.2. The number of hydrogen-bond acceptors (Lipinski definition) is 4. The molecule has 70 valence electrons. The van der Waals surface area contributed by atoms with Gasteiger partial charge in [-0.05, 0) is 6.54 Å². The molecule has 5 heteroatoms. The third kappa shape index (κ3) is 5.84. The third-order valence-corrected chi connectivity index (χ3v) is 1.14. The van der Waals surface area contributed by atoms with Crippen LogP contribution in [0.3, 0.4) is 0 Å². The van der Waals surface area contributed by atoms with E-state index < -0.39 is 0 Å². The van der Waals surface area contributed by atoms with Crippen LogP contribution in [0.1, 0.15) is 5.69 Å². The molecule has 0 aliphatic rings. The summed E-state index contributed by atoms with van der Waals surface area (Å²) in [5, 5.41) is 0. The second kappa shape index (κ2) is 8.19. The average Bonchev–Trinajstić information content (AvgIpc) is 2.58. The Labute approximate surface area is 72.3 Å². The Bertz CT molecular complexity index is 158. The molecule has 5 nitrogen and oxygen atoms in total. The lowest BCUT2D eigenvalue weighted by Gasteiger charge is -1.86. The van der Waals surface area contributed by atoms with E-state index in [9.17, 15) is 0 Å². The molecule has 12 heavy (non-hydrogen) atoms. The van der Waals surface area contributed by atoms with Gasteiger partial charge < -0.3 is 22.2 Å². The minimum Gasteiger partial charge on any atom is -0.348 e. The summed E-state index contributed by atoms with van der Waals surface area (Å²) in [4.78, 5) is 6.78. The number of hydrogen-bond donors (Lipinski definition) is 4. The first kappa shape index (κ1) is 11.1. The van der Waals surface area contributed by atoms with E-state index in [0.717, 1.165) is 12.1 Å². The van der Waals surface area contributed by atoms with E-state index in [4.69, 9.17) is 17.2 Å². The SMILES string of the molecule is NCCN.NCCc1cnc[nH]1. The molecular formula is C7H17N5. The Hall–Kier alpha value is -0.910. The van der Waals surface area contributed by atoms with Crippen LogP contribution < -0.4 is 17.2 Å². The van der Waals surface area contributed by atoms with Crippen molar-refractivity contribution in [2.75, 3.05) is 19.6 Å². The number of H-pyrrole nitrogens is 1. The van der Waals surface area contributed by atoms with Crippen molar-refractivity contribution in [3.8, 4) is 0 Å². The van der Waals surface area contributed by atoms with E-state index in [1.807, 2.05) is 0 Å². The standard InChI is InChI=1S/C5H9N3.C2H8N2/c6-2-1-5-3-7-4-8-5;3-1-2-4/h3-4H,1-2,6H2,(H,7,8);1-4H2. The molecule has 0 saturated carbocycles. The number of aromatic amines is 1.